The summed E-state index contributed by atoms with van der Waals surface area (Å²) in [7, 11) is 5.84. The Kier molecular flexibility index (Phi) is 7.76. The summed E-state index contributed by atoms with van der Waals surface area (Å²) in [5, 5.41) is 0. The molecule has 0 aliphatic heterocycles. The van der Waals surface area contributed by atoms with Gasteiger partial charge in [0.05, 0.1) is 24.6 Å². The highest BCUT2D eigenvalue weighted by molar-refractivity contribution is 6.02. The first-order valence-corrected chi connectivity index (χ1v) is 13.9. The van der Waals surface area contributed by atoms with Crippen molar-refractivity contribution < 1.29 is 19.1 Å². The van der Waals surface area contributed by atoms with Crippen LogP contribution in [-0.4, -0.2) is 54.5 Å². The molecule has 1 spiro atoms. The maximum absolute atomic E-state index is 14.3. The zero-order chi connectivity index (χ0) is 28.7. The van der Waals surface area contributed by atoms with E-state index in [1.165, 1.54) is 5.56 Å². The van der Waals surface area contributed by atoms with E-state index in [9.17, 15) is 9.59 Å². The molecular formula is C32H45N3O4. The van der Waals surface area contributed by atoms with Crippen molar-refractivity contribution in [3.05, 3.63) is 65.7 Å². The lowest BCUT2D eigenvalue weighted by molar-refractivity contribution is -0.159. The first-order chi connectivity index (χ1) is 18.2. The lowest BCUT2D eigenvalue weighted by atomic mass is 9.57. The number of esters is 1. The van der Waals surface area contributed by atoms with Gasteiger partial charge < -0.3 is 20.9 Å². The number of methoxy groups -OCH3 is 1. The van der Waals surface area contributed by atoms with Crippen molar-refractivity contribution in [2.75, 3.05) is 21.2 Å². The van der Waals surface area contributed by atoms with Crippen LogP contribution in [0.25, 0.3) is 0 Å². The molecule has 2 aliphatic carbocycles. The Bertz CT molecular complexity index is 1180. The number of carbonyl (C=O) groups excluding carboxylic acids is 2. The zero-order valence-corrected chi connectivity index (χ0v) is 24.4. The first kappa shape index (κ1) is 29.2. The molecule has 0 unspecified atom stereocenters. The van der Waals surface area contributed by atoms with Crippen LogP contribution in [0.2, 0.25) is 0 Å². The fraction of sp³-hybridized carbons (Fsp3) is 0.562. The number of nitrogens with zero attached hydrogens (tertiary/aromatic N) is 1. The van der Waals surface area contributed by atoms with E-state index in [0.29, 0.717) is 25.7 Å². The van der Waals surface area contributed by atoms with E-state index >= 15 is 0 Å². The lowest BCUT2D eigenvalue weighted by Gasteiger charge is -2.53. The SMILES string of the molecule is COc1ccc(C[C@@]2(N)CC3(CCC(c4ccccc4)(N(C)C)CC3)[C@@](N)(CC(=O)OC(C)(C)C)C2=O)cc1. The van der Waals surface area contributed by atoms with Crippen molar-refractivity contribution >= 4 is 11.8 Å². The van der Waals surface area contributed by atoms with Crippen LogP contribution >= 0.6 is 0 Å². The predicted molar refractivity (Wildman–Crippen MR) is 153 cm³/mol. The minimum absolute atomic E-state index is 0.176. The molecule has 0 bridgehead atoms. The van der Waals surface area contributed by atoms with Crippen LogP contribution in [0.1, 0.15) is 70.4 Å². The van der Waals surface area contributed by atoms with Gasteiger partial charge in [-0.05, 0) is 102 Å². The number of benzene rings is 2. The number of ketones is 1. The van der Waals surface area contributed by atoms with Crippen molar-refractivity contribution in [3.8, 4) is 5.75 Å². The number of Topliss-reactive ketones (excluding diaryl/α,β-unsaturated/α-hetero) is 1. The molecule has 2 aliphatic rings. The normalized spacial score (nSPS) is 31.1. The summed E-state index contributed by atoms with van der Waals surface area (Å²) in [6.45, 7) is 5.47. The second-order valence-corrected chi connectivity index (χ2v) is 13.0. The summed E-state index contributed by atoms with van der Waals surface area (Å²) in [6.07, 6.45) is 3.60. The minimum Gasteiger partial charge on any atom is -0.497 e. The molecule has 4 rings (SSSR count). The van der Waals surface area contributed by atoms with Gasteiger partial charge >= 0.3 is 5.97 Å². The van der Waals surface area contributed by atoms with Crippen LogP contribution in [0.4, 0.5) is 0 Å². The van der Waals surface area contributed by atoms with Crippen molar-refractivity contribution in [3.63, 3.8) is 0 Å². The van der Waals surface area contributed by atoms with Gasteiger partial charge in [-0.2, -0.15) is 0 Å². The molecule has 0 radical (unpaired) electrons. The predicted octanol–water partition coefficient (Wildman–Crippen LogP) is 4.35. The van der Waals surface area contributed by atoms with Crippen molar-refractivity contribution in [1.82, 2.24) is 4.90 Å². The average molecular weight is 536 g/mol. The van der Waals surface area contributed by atoms with Gasteiger partial charge in [-0.15, -0.1) is 0 Å². The largest absolute Gasteiger partial charge is 0.497 e. The summed E-state index contributed by atoms with van der Waals surface area (Å²) in [4.78, 5) is 29.8. The highest BCUT2D eigenvalue weighted by Crippen LogP contribution is 2.60. The van der Waals surface area contributed by atoms with E-state index in [4.69, 9.17) is 20.9 Å². The Hall–Kier alpha value is -2.74. The Morgan fingerprint density at radius 1 is 0.949 bits per heavy atom. The molecule has 2 aromatic rings. The molecule has 0 saturated heterocycles. The van der Waals surface area contributed by atoms with Gasteiger partial charge in [0, 0.05) is 5.54 Å². The average Bonchev–Trinajstić information content (AvgIpc) is 3.02. The van der Waals surface area contributed by atoms with Gasteiger partial charge in [-0.1, -0.05) is 42.5 Å². The van der Waals surface area contributed by atoms with Crippen LogP contribution in [0, 0.1) is 5.41 Å². The summed E-state index contributed by atoms with van der Waals surface area (Å²) in [5.74, 6) is 0.0398. The van der Waals surface area contributed by atoms with E-state index in [1.807, 2.05) is 51.1 Å². The van der Waals surface area contributed by atoms with Gasteiger partial charge in [0.1, 0.15) is 11.4 Å². The molecule has 2 aromatic carbocycles. The van der Waals surface area contributed by atoms with Crippen molar-refractivity contribution in [1.29, 1.82) is 0 Å². The number of carbonyl (C=O) groups is 2. The fourth-order valence-corrected chi connectivity index (χ4v) is 7.16. The zero-order valence-electron chi connectivity index (χ0n) is 24.4. The molecule has 4 N–H and O–H groups in total. The molecule has 2 fully saturated rings. The topological polar surface area (TPSA) is 108 Å². The van der Waals surface area contributed by atoms with E-state index < -0.39 is 28.1 Å². The second kappa shape index (κ2) is 10.3. The number of rotatable bonds is 7. The molecule has 2 saturated carbocycles. The Balaban J connectivity index is 1.70. The van der Waals surface area contributed by atoms with Crippen LogP contribution in [0.3, 0.4) is 0 Å². The van der Waals surface area contributed by atoms with Crippen molar-refractivity contribution in [2.45, 2.75) is 87.9 Å². The molecule has 7 nitrogen and oxygen atoms in total. The third-order valence-electron chi connectivity index (χ3n) is 9.18. The van der Waals surface area contributed by atoms with E-state index in [-0.39, 0.29) is 17.7 Å². The maximum atomic E-state index is 14.3. The van der Waals surface area contributed by atoms with Crippen LogP contribution in [-0.2, 0) is 26.3 Å². The standard InChI is InChI=1S/C32H45N3O4/c1-28(2,3)39-26(36)21-32(34)27(37)30(33,20-23-12-14-25(38-6)15-13-23)22-29(32)16-18-31(19-17-29,35(4)5)24-10-8-7-9-11-24/h7-15H,16-22,33-34H2,1-6H3/t29?,30-,31?,32-/m1/s1. The van der Waals surface area contributed by atoms with Crippen LogP contribution in [0.5, 0.6) is 5.75 Å². The van der Waals surface area contributed by atoms with Crippen LogP contribution < -0.4 is 16.2 Å². The van der Waals surface area contributed by atoms with E-state index in [2.05, 4.69) is 43.3 Å². The summed E-state index contributed by atoms with van der Waals surface area (Å²) < 4.78 is 11.0. The van der Waals surface area contributed by atoms with Crippen LogP contribution in [0.15, 0.2) is 54.6 Å². The van der Waals surface area contributed by atoms with Gasteiger partial charge in [0.25, 0.3) is 0 Å². The van der Waals surface area contributed by atoms with Gasteiger partial charge in [-0.25, -0.2) is 0 Å². The second-order valence-electron chi connectivity index (χ2n) is 13.0. The third-order valence-corrected chi connectivity index (χ3v) is 9.18. The lowest BCUT2D eigenvalue weighted by Crippen LogP contribution is -2.62. The summed E-state index contributed by atoms with van der Waals surface area (Å²) in [5.41, 5.74) is 12.3. The molecule has 0 amide bonds. The quantitative estimate of drug-likeness (QED) is 0.508. The molecule has 212 valence electrons. The highest BCUT2D eigenvalue weighted by atomic mass is 16.6. The molecule has 7 heteroatoms. The third kappa shape index (κ3) is 5.37. The molecule has 0 heterocycles. The molecule has 0 aromatic heterocycles. The first-order valence-electron chi connectivity index (χ1n) is 13.9. The molecule has 2 atom stereocenters. The minimum atomic E-state index is -1.41. The summed E-state index contributed by atoms with van der Waals surface area (Å²) >= 11 is 0. The molecule has 39 heavy (non-hydrogen) atoms. The Morgan fingerprint density at radius 2 is 1.54 bits per heavy atom. The summed E-state index contributed by atoms with van der Waals surface area (Å²) in [6, 6.07) is 18.1. The highest BCUT2D eigenvalue weighted by Gasteiger charge is 2.68. The fourth-order valence-electron chi connectivity index (χ4n) is 7.16. The number of nitrogens with two attached hydrogens (primary N) is 2. The number of hydrogen-bond acceptors (Lipinski definition) is 7. The number of ether oxygens (including phenoxy) is 2. The van der Waals surface area contributed by atoms with Gasteiger partial charge in [-0.3, -0.25) is 14.5 Å². The molecular weight excluding hydrogens is 490 g/mol. The van der Waals surface area contributed by atoms with Gasteiger partial charge in [0.15, 0.2) is 5.78 Å². The van der Waals surface area contributed by atoms with Gasteiger partial charge in [0.2, 0.25) is 0 Å². The monoisotopic (exact) mass is 535 g/mol. The van der Waals surface area contributed by atoms with Crippen molar-refractivity contribution in [2.24, 2.45) is 16.9 Å². The van der Waals surface area contributed by atoms with E-state index in [1.54, 1.807) is 7.11 Å². The maximum Gasteiger partial charge on any atom is 0.308 e. The smallest absolute Gasteiger partial charge is 0.308 e. The Labute approximate surface area is 233 Å². The Morgan fingerprint density at radius 3 is 2.05 bits per heavy atom. The number of hydrogen-bond donors (Lipinski definition) is 2. The van der Waals surface area contributed by atoms with E-state index in [0.717, 1.165) is 24.2 Å².